The molecule has 5 nitrogen and oxygen atoms in total. The first-order chi connectivity index (χ1) is 11.1. The molecule has 0 aliphatic carbocycles. The Morgan fingerprint density at radius 3 is 2.32 bits per heavy atom. The number of likely N-dealkylation sites (N-methyl/N-ethyl adjacent to an activating group) is 1. The standard InChI is InChI=1S/C18H28N4O.2ClH/c1-15-13-19-7-8-22(15)18(23)17-5-3-16(4-6-17)14-21-11-9-20(2)10-12-21;;/h3-6,15,19H,7-14H2,1-2H3;2*1H/t15-;;/m0../s1. The van der Waals surface area contributed by atoms with Crippen LogP contribution in [0.3, 0.4) is 0 Å². The molecule has 1 atom stereocenters. The van der Waals surface area contributed by atoms with Crippen molar-refractivity contribution in [1.82, 2.24) is 20.0 Å². The summed E-state index contributed by atoms with van der Waals surface area (Å²) in [6.45, 7) is 10.2. The van der Waals surface area contributed by atoms with Crippen LogP contribution in [0.1, 0.15) is 22.8 Å². The molecule has 1 N–H and O–H groups in total. The maximum atomic E-state index is 12.6. The van der Waals surface area contributed by atoms with Gasteiger partial charge in [0.2, 0.25) is 0 Å². The van der Waals surface area contributed by atoms with E-state index in [4.69, 9.17) is 0 Å². The van der Waals surface area contributed by atoms with E-state index in [2.05, 4.69) is 41.2 Å². The number of hydrogen-bond acceptors (Lipinski definition) is 4. The van der Waals surface area contributed by atoms with Gasteiger partial charge < -0.3 is 15.1 Å². The summed E-state index contributed by atoms with van der Waals surface area (Å²) in [7, 11) is 2.18. The number of nitrogens with one attached hydrogen (secondary N) is 1. The van der Waals surface area contributed by atoms with E-state index < -0.39 is 0 Å². The number of hydrogen-bond donors (Lipinski definition) is 1. The van der Waals surface area contributed by atoms with Crippen LogP contribution in [0.2, 0.25) is 0 Å². The van der Waals surface area contributed by atoms with E-state index in [1.165, 1.54) is 5.56 Å². The van der Waals surface area contributed by atoms with Gasteiger partial charge in [-0.2, -0.15) is 0 Å². The van der Waals surface area contributed by atoms with Gasteiger partial charge in [0.15, 0.2) is 0 Å². The average molecular weight is 389 g/mol. The van der Waals surface area contributed by atoms with Crippen LogP contribution in [0.25, 0.3) is 0 Å². The Kier molecular flexibility index (Phi) is 9.17. The van der Waals surface area contributed by atoms with Gasteiger partial charge in [0.05, 0.1) is 0 Å². The number of nitrogens with zero attached hydrogens (tertiary/aromatic N) is 3. The van der Waals surface area contributed by atoms with Gasteiger partial charge in [-0.15, -0.1) is 24.8 Å². The molecule has 7 heteroatoms. The van der Waals surface area contributed by atoms with E-state index in [9.17, 15) is 4.79 Å². The highest BCUT2D eigenvalue weighted by molar-refractivity contribution is 5.94. The van der Waals surface area contributed by atoms with Crippen LogP contribution in [0, 0.1) is 0 Å². The largest absolute Gasteiger partial charge is 0.333 e. The molecule has 1 amide bonds. The first-order valence-corrected chi connectivity index (χ1v) is 8.65. The maximum absolute atomic E-state index is 12.6. The van der Waals surface area contributed by atoms with Gasteiger partial charge >= 0.3 is 0 Å². The molecule has 2 aliphatic rings. The molecule has 0 aromatic heterocycles. The van der Waals surface area contributed by atoms with Crippen molar-refractivity contribution in [2.75, 3.05) is 52.9 Å². The molecule has 0 spiro atoms. The molecular weight excluding hydrogens is 359 g/mol. The van der Waals surface area contributed by atoms with Crippen LogP contribution >= 0.6 is 24.8 Å². The zero-order valence-electron chi connectivity index (χ0n) is 15.1. The summed E-state index contributed by atoms with van der Waals surface area (Å²) in [4.78, 5) is 19.5. The van der Waals surface area contributed by atoms with Crippen molar-refractivity contribution in [1.29, 1.82) is 0 Å². The lowest BCUT2D eigenvalue weighted by molar-refractivity contribution is 0.0655. The van der Waals surface area contributed by atoms with Crippen molar-refractivity contribution in [2.24, 2.45) is 0 Å². The summed E-state index contributed by atoms with van der Waals surface area (Å²) in [6, 6.07) is 8.46. The molecule has 0 unspecified atom stereocenters. The Labute approximate surface area is 163 Å². The monoisotopic (exact) mass is 388 g/mol. The minimum Gasteiger partial charge on any atom is -0.333 e. The Morgan fingerprint density at radius 2 is 1.72 bits per heavy atom. The first kappa shape index (κ1) is 22.2. The second-order valence-corrected chi connectivity index (χ2v) is 6.83. The topological polar surface area (TPSA) is 38.8 Å². The van der Waals surface area contributed by atoms with Crippen molar-refractivity contribution < 1.29 is 4.79 Å². The Morgan fingerprint density at radius 1 is 1.08 bits per heavy atom. The van der Waals surface area contributed by atoms with E-state index in [0.29, 0.717) is 0 Å². The highest BCUT2D eigenvalue weighted by atomic mass is 35.5. The van der Waals surface area contributed by atoms with Crippen LogP contribution < -0.4 is 5.32 Å². The van der Waals surface area contributed by atoms with Gasteiger partial charge in [-0.05, 0) is 31.7 Å². The minimum atomic E-state index is 0. The number of carbonyl (C=O) groups excluding carboxylic acids is 1. The van der Waals surface area contributed by atoms with Crippen molar-refractivity contribution in [3.8, 4) is 0 Å². The number of benzene rings is 1. The van der Waals surface area contributed by atoms with Crippen LogP contribution in [0.15, 0.2) is 24.3 Å². The predicted molar refractivity (Wildman–Crippen MR) is 107 cm³/mol. The zero-order valence-corrected chi connectivity index (χ0v) is 16.7. The minimum absolute atomic E-state index is 0. The van der Waals surface area contributed by atoms with Crippen LogP contribution in [-0.4, -0.2) is 79.5 Å². The fourth-order valence-corrected chi connectivity index (χ4v) is 3.33. The molecule has 1 aromatic carbocycles. The second kappa shape index (κ2) is 10.3. The highest BCUT2D eigenvalue weighted by Crippen LogP contribution is 2.13. The zero-order chi connectivity index (χ0) is 16.2. The van der Waals surface area contributed by atoms with Gasteiger partial charge in [0.25, 0.3) is 5.91 Å². The Balaban J connectivity index is 0.00000156. The van der Waals surface area contributed by atoms with Gasteiger partial charge in [0.1, 0.15) is 0 Å². The van der Waals surface area contributed by atoms with Gasteiger partial charge in [-0.25, -0.2) is 0 Å². The molecule has 0 saturated carbocycles. The fourth-order valence-electron chi connectivity index (χ4n) is 3.33. The van der Waals surface area contributed by atoms with Gasteiger partial charge in [0, 0.05) is 64.0 Å². The summed E-state index contributed by atoms with van der Waals surface area (Å²) in [5.41, 5.74) is 2.10. The Hall–Kier alpha value is -0.850. The van der Waals surface area contributed by atoms with Crippen LogP contribution in [0.4, 0.5) is 0 Å². The van der Waals surface area contributed by atoms with Crippen molar-refractivity contribution in [3.63, 3.8) is 0 Å². The van der Waals surface area contributed by atoms with Crippen LogP contribution in [-0.2, 0) is 6.54 Å². The molecule has 2 heterocycles. The normalized spacial score (nSPS) is 22.0. The summed E-state index contributed by atoms with van der Waals surface area (Å²) >= 11 is 0. The van der Waals surface area contributed by atoms with E-state index in [1.54, 1.807) is 0 Å². The lowest BCUT2D eigenvalue weighted by atomic mass is 10.1. The summed E-state index contributed by atoms with van der Waals surface area (Å²) in [5, 5.41) is 3.33. The van der Waals surface area contributed by atoms with Crippen LogP contribution in [0.5, 0.6) is 0 Å². The molecule has 2 fully saturated rings. The van der Waals surface area contributed by atoms with Gasteiger partial charge in [-0.1, -0.05) is 12.1 Å². The maximum Gasteiger partial charge on any atom is 0.254 e. The van der Waals surface area contributed by atoms with E-state index in [-0.39, 0.29) is 36.8 Å². The average Bonchev–Trinajstić information content (AvgIpc) is 2.57. The van der Waals surface area contributed by atoms with E-state index in [1.807, 2.05) is 17.0 Å². The smallest absolute Gasteiger partial charge is 0.254 e. The highest BCUT2D eigenvalue weighted by Gasteiger charge is 2.24. The lowest BCUT2D eigenvalue weighted by Crippen LogP contribution is -2.52. The van der Waals surface area contributed by atoms with Gasteiger partial charge in [-0.3, -0.25) is 9.69 Å². The Bertz CT molecular complexity index is 532. The first-order valence-electron chi connectivity index (χ1n) is 8.65. The van der Waals surface area contributed by atoms with E-state index in [0.717, 1.165) is 57.9 Å². The number of halogens is 2. The molecule has 142 valence electrons. The molecule has 25 heavy (non-hydrogen) atoms. The number of amides is 1. The van der Waals surface area contributed by atoms with Crippen molar-refractivity contribution >= 4 is 30.7 Å². The predicted octanol–water partition coefficient (Wildman–Crippen LogP) is 1.71. The summed E-state index contributed by atoms with van der Waals surface area (Å²) < 4.78 is 0. The third kappa shape index (κ3) is 5.83. The summed E-state index contributed by atoms with van der Waals surface area (Å²) in [5.74, 6) is 0.158. The third-order valence-electron chi connectivity index (χ3n) is 4.97. The number of carbonyl (C=O) groups is 1. The van der Waals surface area contributed by atoms with E-state index >= 15 is 0 Å². The molecule has 2 aliphatic heterocycles. The van der Waals surface area contributed by atoms with Crippen molar-refractivity contribution in [3.05, 3.63) is 35.4 Å². The second-order valence-electron chi connectivity index (χ2n) is 6.83. The van der Waals surface area contributed by atoms with Crippen molar-refractivity contribution in [2.45, 2.75) is 19.5 Å². The molecule has 2 saturated heterocycles. The SMILES string of the molecule is C[C@H]1CNCCN1C(=O)c1ccc(CN2CCN(C)CC2)cc1.Cl.Cl. The third-order valence-corrected chi connectivity index (χ3v) is 4.97. The molecular formula is C18H30Cl2N4O. The summed E-state index contributed by atoms with van der Waals surface area (Å²) in [6.07, 6.45) is 0. The molecule has 3 rings (SSSR count). The number of piperazine rings is 2. The lowest BCUT2D eigenvalue weighted by Gasteiger charge is -2.34. The molecule has 1 aromatic rings. The quantitative estimate of drug-likeness (QED) is 0.855. The fraction of sp³-hybridized carbons (Fsp3) is 0.611. The number of rotatable bonds is 3. The molecule has 0 radical (unpaired) electrons. The molecule has 0 bridgehead atoms.